The fraction of sp³-hybridized carbons (Fsp3) is 0.423. The van der Waals surface area contributed by atoms with Crippen molar-refractivity contribution in [3.05, 3.63) is 57.8 Å². The topological polar surface area (TPSA) is 108 Å². The maximum Gasteiger partial charge on any atom is 0.289 e. The number of ether oxygens (including phenoxy) is 3. The van der Waals surface area contributed by atoms with E-state index in [2.05, 4.69) is 4.90 Å². The molecule has 188 valence electrons. The van der Waals surface area contributed by atoms with Crippen LogP contribution in [0.3, 0.4) is 0 Å². The van der Waals surface area contributed by atoms with E-state index in [-0.39, 0.29) is 28.7 Å². The van der Waals surface area contributed by atoms with Crippen LogP contribution in [-0.2, 0) is 6.54 Å². The van der Waals surface area contributed by atoms with E-state index in [1.165, 1.54) is 6.07 Å². The van der Waals surface area contributed by atoms with Crippen LogP contribution >= 0.6 is 0 Å². The summed E-state index contributed by atoms with van der Waals surface area (Å²) in [5, 5.41) is 12.5. The second-order valence-electron chi connectivity index (χ2n) is 9.83. The van der Waals surface area contributed by atoms with E-state index >= 15 is 0 Å². The van der Waals surface area contributed by atoms with Crippen LogP contribution in [0.25, 0.3) is 11.0 Å². The lowest BCUT2D eigenvalue weighted by atomic mass is 9.77. The van der Waals surface area contributed by atoms with Gasteiger partial charge in [-0.3, -0.25) is 19.8 Å². The lowest BCUT2D eigenvalue weighted by Gasteiger charge is -2.39. The van der Waals surface area contributed by atoms with Gasteiger partial charge >= 0.3 is 0 Å². The number of carbonyl (C=O) groups is 1. The van der Waals surface area contributed by atoms with Crippen molar-refractivity contribution < 1.29 is 28.3 Å². The number of likely N-dealkylation sites (tertiary alicyclic amines) is 2. The molecule has 2 fully saturated rings. The molecule has 0 aliphatic carbocycles. The third-order valence-corrected chi connectivity index (χ3v) is 7.73. The molecule has 1 aromatic heterocycles. The van der Waals surface area contributed by atoms with E-state index in [0.29, 0.717) is 53.8 Å². The summed E-state index contributed by atoms with van der Waals surface area (Å²) in [5.41, 5.74) is 1.39. The molecule has 0 unspecified atom stereocenters. The number of benzene rings is 2. The van der Waals surface area contributed by atoms with Gasteiger partial charge in [0.05, 0.1) is 18.1 Å². The third kappa shape index (κ3) is 3.91. The number of methoxy groups -OCH3 is 1. The molecule has 10 heteroatoms. The molecule has 0 bridgehead atoms. The minimum Gasteiger partial charge on any atom is -0.493 e. The maximum absolute atomic E-state index is 13.2. The van der Waals surface area contributed by atoms with Crippen LogP contribution in [0.1, 0.15) is 35.4 Å². The Labute approximate surface area is 207 Å². The number of amides is 1. The summed E-state index contributed by atoms with van der Waals surface area (Å²) in [5.74, 6) is 1.81. The van der Waals surface area contributed by atoms with E-state index in [1.54, 1.807) is 19.2 Å². The normalized spacial score (nSPS) is 18.8. The Morgan fingerprint density at radius 3 is 2.61 bits per heavy atom. The number of hydrogen-bond donors (Lipinski definition) is 0. The van der Waals surface area contributed by atoms with Gasteiger partial charge in [-0.05, 0) is 49.4 Å². The third-order valence-electron chi connectivity index (χ3n) is 7.73. The molecule has 3 aliphatic rings. The number of nitrogens with zero attached hydrogens (tertiary/aromatic N) is 3. The van der Waals surface area contributed by atoms with Gasteiger partial charge in [0.1, 0.15) is 0 Å². The number of piperidine rings is 1. The predicted molar refractivity (Wildman–Crippen MR) is 129 cm³/mol. The lowest BCUT2D eigenvalue weighted by molar-refractivity contribution is -0.385. The summed E-state index contributed by atoms with van der Waals surface area (Å²) < 4.78 is 22.0. The van der Waals surface area contributed by atoms with Crippen LogP contribution in [0, 0.1) is 15.5 Å². The molecule has 6 rings (SSSR count). The summed E-state index contributed by atoms with van der Waals surface area (Å²) in [6.07, 6.45) is 2.79. The first-order valence-corrected chi connectivity index (χ1v) is 12.1. The van der Waals surface area contributed by atoms with Gasteiger partial charge in [-0.15, -0.1) is 0 Å². The Kier molecular flexibility index (Phi) is 5.48. The standard InChI is InChI=1S/C26H27N3O7/c1-33-20-4-2-3-17-11-23(36-24(17)20)25(30)28-9-6-26(7-10-28)5-8-27(15-26)14-18-12-21-22(35-16-34-21)13-19(18)29(31)32/h2-4,11-13H,5-10,14-16H2,1H3. The van der Waals surface area contributed by atoms with Crippen LogP contribution in [0.5, 0.6) is 17.2 Å². The van der Waals surface area contributed by atoms with Crippen LogP contribution in [0.4, 0.5) is 5.69 Å². The number of rotatable bonds is 5. The molecule has 10 nitrogen and oxygen atoms in total. The zero-order chi connectivity index (χ0) is 24.9. The fourth-order valence-corrected chi connectivity index (χ4v) is 5.72. The van der Waals surface area contributed by atoms with Crippen LogP contribution in [-0.4, -0.2) is 60.7 Å². The van der Waals surface area contributed by atoms with Gasteiger partial charge in [0, 0.05) is 37.1 Å². The van der Waals surface area contributed by atoms with Crippen molar-refractivity contribution in [3.63, 3.8) is 0 Å². The first-order chi connectivity index (χ1) is 17.4. The molecule has 2 saturated heterocycles. The van der Waals surface area contributed by atoms with Crippen LogP contribution in [0.2, 0.25) is 0 Å². The molecule has 1 amide bonds. The summed E-state index contributed by atoms with van der Waals surface area (Å²) in [4.78, 5) is 28.6. The Hall–Kier alpha value is -3.79. The molecule has 3 aliphatic heterocycles. The van der Waals surface area contributed by atoms with Gasteiger partial charge in [-0.2, -0.15) is 0 Å². The molecule has 0 N–H and O–H groups in total. The minimum atomic E-state index is -0.360. The number of fused-ring (bicyclic) bond motifs is 2. The van der Waals surface area contributed by atoms with Crippen molar-refractivity contribution in [3.8, 4) is 17.2 Å². The monoisotopic (exact) mass is 493 g/mol. The van der Waals surface area contributed by atoms with E-state index in [4.69, 9.17) is 18.6 Å². The van der Waals surface area contributed by atoms with Gasteiger partial charge in [0.2, 0.25) is 6.79 Å². The van der Waals surface area contributed by atoms with Crippen molar-refractivity contribution in [1.82, 2.24) is 9.80 Å². The first kappa shape index (κ1) is 22.7. The summed E-state index contributed by atoms with van der Waals surface area (Å²) in [7, 11) is 1.58. The van der Waals surface area contributed by atoms with Gasteiger partial charge in [0.15, 0.2) is 28.6 Å². The molecule has 0 radical (unpaired) electrons. The van der Waals surface area contributed by atoms with E-state index in [9.17, 15) is 14.9 Å². The van der Waals surface area contributed by atoms with Crippen molar-refractivity contribution in [2.75, 3.05) is 40.1 Å². The van der Waals surface area contributed by atoms with E-state index in [0.717, 1.165) is 37.7 Å². The quantitative estimate of drug-likeness (QED) is 0.384. The number of furan rings is 1. The predicted octanol–water partition coefficient (Wildman–Crippen LogP) is 4.21. The average molecular weight is 494 g/mol. The highest BCUT2D eigenvalue weighted by molar-refractivity contribution is 5.97. The molecule has 3 aromatic rings. The largest absolute Gasteiger partial charge is 0.493 e. The molecule has 4 heterocycles. The van der Waals surface area contributed by atoms with Crippen molar-refractivity contribution in [1.29, 1.82) is 0 Å². The van der Waals surface area contributed by atoms with E-state index in [1.807, 2.05) is 23.1 Å². The van der Waals surface area contributed by atoms with Crippen molar-refractivity contribution in [2.45, 2.75) is 25.8 Å². The zero-order valence-corrected chi connectivity index (χ0v) is 20.0. The number of nitro benzene ring substituents is 1. The van der Waals surface area contributed by atoms with Crippen LogP contribution < -0.4 is 14.2 Å². The highest BCUT2D eigenvalue weighted by atomic mass is 16.7. The molecule has 36 heavy (non-hydrogen) atoms. The van der Waals surface area contributed by atoms with Crippen molar-refractivity contribution in [2.24, 2.45) is 5.41 Å². The van der Waals surface area contributed by atoms with Gasteiger partial charge in [0.25, 0.3) is 11.6 Å². The second-order valence-corrected chi connectivity index (χ2v) is 9.83. The molecule has 2 aromatic carbocycles. The maximum atomic E-state index is 13.2. The zero-order valence-electron chi connectivity index (χ0n) is 20.0. The molecular weight excluding hydrogens is 466 g/mol. The van der Waals surface area contributed by atoms with Crippen LogP contribution in [0.15, 0.2) is 40.8 Å². The number of hydrogen-bond acceptors (Lipinski definition) is 8. The summed E-state index contributed by atoms with van der Waals surface area (Å²) >= 11 is 0. The highest BCUT2D eigenvalue weighted by Crippen LogP contribution is 2.43. The minimum absolute atomic E-state index is 0.0584. The molecule has 0 atom stereocenters. The second kappa shape index (κ2) is 8.70. The number of nitro groups is 1. The Balaban J connectivity index is 1.11. The smallest absolute Gasteiger partial charge is 0.289 e. The molecule has 1 spiro atoms. The Morgan fingerprint density at radius 2 is 1.86 bits per heavy atom. The summed E-state index contributed by atoms with van der Waals surface area (Å²) in [6, 6.07) is 10.6. The van der Waals surface area contributed by atoms with Gasteiger partial charge in [-0.1, -0.05) is 12.1 Å². The lowest BCUT2D eigenvalue weighted by Crippen LogP contribution is -2.44. The summed E-state index contributed by atoms with van der Waals surface area (Å²) in [6.45, 7) is 3.60. The van der Waals surface area contributed by atoms with Gasteiger partial charge < -0.3 is 23.5 Å². The highest BCUT2D eigenvalue weighted by Gasteiger charge is 2.42. The fourth-order valence-electron chi connectivity index (χ4n) is 5.72. The first-order valence-electron chi connectivity index (χ1n) is 12.1. The average Bonchev–Trinajstić information content (AvgIpc) is 3.61. The SMILES string of the molecule is COc1cccc2cc(C(=O)N3CCC4(CCN(Cc5cc6c(cc5[N+](=O)[O-])OCO6)C4)CC3)oc12. The van der Waals surface area contributed by atoms with E-state index < -0.39 is 0 Å². The van der Waals surface area contributed by atoms with Gasteiger partial charge in [-0.25, -0.2) is 0 Å². The molecule has 0 saturated carbocycles. The number of para-hydroxylation sites is 1. The molecular formula is C26H27N3O7. The number of carbonyl (C=O) groups excluding carboxylic acids is 1. The Bertz CT molecular complexity index is 1340. The van der Waals surface area contributed by atoms with Crippen molar-refractivity contribution >= 4 is 22.6 Å². The Morgan fingerprint density at radius 1 is 1.11 bits per heavy atom.